The summed E-state index contributed by atoms with van der Waals surface area (Å²) in [5.74, 6) is -1.45. The van der Waals surface area contributed by atoms with E-state index in [2.05, 4.69) is 0 Å². The molecule has 0 saturated carbocycles. The van der Waals surface area contributed by atoms with Crippen LogP contribution in [0.25, 0.3) is 0 Å². The second-order valence-corrected chi connectivity index (χ2v) is 3.80. The van der Waals surface area contributed by atoms with Crippen LogP contribution in [0.2, 0.25) is 5.02 Å². The molecule has 3 nitrogen and oxygen atoms in total. The molecule has 0 heterocycles. The Bertz CT molecular complexity index is 369. The van der Waals surface area contributed by atoms with Crippen LogP contribution in [-0.4, -0.2) is 18.3 Å². The standard InChI is InChI=1S/C10H13ClFNO2/c1-5(13)3-6-4-7(11)9(14)8(12)10(6)15-2/h4-5,14H,3,13H2,1-2H3. The Labute approximate surface area is 92.6 Å². The van der Waals surface area contributed by atoms with Crippen LogP contribution in [0.3, 0.4) is 0 Å². The molecule has 0 saturated heterocycles. The molecule has 1 unspecified atom stereocenters. The summed E-state index contributed by atoms with van der Waals surface area (Å²) in [6.07, 6.45) is 0.431. The number of ether oxygens (including phenoxy) is 1. The lowest BCUT2D eigenvalue weighted by atomic mass is 10.1. The molecule has 15 heavy (non-hydrogen) atoms. The summed E-state index contributed by atoms with van der Waals surface area (Å²) in [5.41, 5.74) is 6.15. The van der Waals surface area contributed by atoms with Crippen LogP contribution in [0.4, 0.5) is 4.39 Å². The quantitative estimate of drug-likeness (QED) is 0.841. The van der Waals surface area contributed by atoms with Gasteiger partial charge in [-0.15, -0.1) is 0 Å². The number of aromatic hydroxyl groups is 1. The molecule has 0 spiro atoms. The van der Waals surface area contributed by atoms with E-state index in [0.717, 1.165) is 0 Å². The molecular formula is C10H13ClFNO2. The lowest BCUT2D eigenvalue weighted by Gasteiger charge is -2.13. The first-order chi connectivity index (χ1) is 6.97. The smallest absolute Gasteiger partial charge is 0.208 e. The highest BCUT2D eigenvalue weighted by Crippen LogP contribution is 2.36. The van der Waals surface area contributed by atoms with Gasteiger partial charge >= 0.3 is 0 Å². The number of nitrogens with two attached hydrogens (primary N) is 1. The minimum atomic E-state index is -0.847. The summed E-state index contributed by atoms with van der Waals surface area (Å²) >= 11 is 5.65. The third-order valence-electron chi connectivity index (χ3n) is 1.97. The molecular weight excluding hydrogens is 221 g/mol. The predicted octanol–water partition coefficient (Wildman–Crippen LogP) is 2.08. The predicted molar refractivity (Wildman–Crippen MR) is 57.0 cm³/mol. The second kappa shape index (κ2) is 4.68. The normalized spacial score (nSPS) is 12.6. The Hall–Kier alpha value is -1.00. The monoisotopic (exact) mass is 233 g/mol. The SMILES string of the molecule is COc1c(CC(C)N)cc(Cl)c(O)c1F. The van der Waals surface area contributed by atoms with E-state index in [0.29, 0.717) is 12.0 Å². The van der Waals surface area contributed by atoms with Crippen LogP contribution < -0.4 is 10.5 Å². The maximum absolute atomic E-state index is 13.5. The van der Waals surface area contributed by atoms with Gasteiger partial charge in [0.2, 0.25) is 5.82 Å². The zero-order valence-corrected chi connectivity index (χ0v) is 9.31. The molecule has 0 aromatic heterocycles. The molecule has 1 aromatic carbocycles. The maximum Gasteiger partial charge on any atom is 0.208 e. The summed E-state index contributed by atoms with van der Waals surface area (Å²) in [6, 6.07) is 1.32. The van der Waals surface area contributed by atoms with Gasteiger partial charge in [-0.1, -0.05) is 11.6 Å². The Balaban J connectivity index is 3.25. The molecule has 84 valence electrons. The minimum absolute atomic E-state index is 0.00537. The van der Waals surface area contributed by atoms with Gasteiger partial charge in [-0.25, -0.2) is 0 Å². The molecule has 1 aromatic rings. The van der Waals surface area contributed by atoms with Crippen LogP contribution in [0, 0.1) is 5.82 Å². The van der Waals surface area contributed by atoms with E-state index in [1.165, 1.54) is 13.2 Å². The van der Waals surface area contributed by atoms with Crippen molar-refractivity contribution in [3.8, 4) is 11.5 Å². The van der Waals surface area contributed by atoms with Gasteiger partial charge in [0, 0.05) is 11.6 Å². The molecule has 0 radical (unpaired) electrons. The summed E-state index contributed by atoms with van der Waals surface area (Å²) in [7, 11) is 1.33. The number of phenolic OH excluding ortho intramolecular Hbond substituents is 1. The van der Waals surface area contributed by atoms with Gasteiger partial charge in [-0.05, 0) is 19.4 Å². The molecule has 3 N–H and O–H groups in total. The summed E-state index contributed by atoms with van der Waals surface area (Å²) in [6.45, 7) is 1.79. The molecule has 0 aliphatic rings. The number of rotatable bonds is 3. The average molecular weight is 234 g/mol. The van der Waals surface area contributed by atoms with E-state index in [-0.39, 0.29) is 16.8 Å². The number of phenols is 1. The van der Waals surface area contributed by atoms with Crippen LogP contribution in [0.5, 0.6) is 11.5 Å². The Morgan fingerprint density at radius 3 is 2.73 bits per heavy atom. The second-order valence-electron chi connectivity index (χ2n) is 3.39. The van der Waals surface area contributed by atoms with Gasteiger partial charge in [0.1, 0.15) is 0 Å². The van der Waals surface area contributed by atoms with Gasteiger partial charge in [0.05, 0.1) is 12.1 Å². The fourth-order valence-corrected chi connectivity index (χ4v) is 1.57. The minimum Gasteiger partial charge on any atom is -0.504 e. The van der Waals surface area contributed by atoms with E-state index < -0.39 is 11.6 Å². The van der Waals surface area contributed by atoms with E-state index in [4.69, 9.17) is 22.1 Å². The molecule has 0 amide bonds. The molecule has 1 atom stereocenters. The van der Waals surface area contributed by atoms with Gasteiger partial charge in [0.25, 0.3) is 0 Å². The number of halogens is 2. The Morgan fingerprint density at radius 1 is 1.67 bits per heavy atom. The first kappa shape index (κ1) is 12.1. The third kappa shape index (κ3) is 2.52. The lowest BCUT2D eigenvalue weighted by molar-refractivity contribution is 0.359. The molecule has 0 bridgehead atoms. The summed E-state index contributed by atoms with van der Waals surface area (Å²) < 4.78 is 18.3. The van der Waals surface area contributed by atoms with Crippen LogP contribution in [0.1, 0.15) is 12.5 Å². The first-order valence-electron chi connectivity index (χ1n) is 4.46. The maximum atomic E-state index is 13.5. The lowest BCUT2D eigenvalue weighted by Crippen LogP contribution is -2.18. The fraction of sp³-hybridized carbons (Fsp3) is 0.400. The zero-order valence-electron chi connectivity index (χ0n) is 8.55. The fourth-order valence-electron chi connectivity index (χ4n) is 1.36. The first-order valence-corrected chi connectivity index (χ1v) is 4.84. The van der Waals surface area contributed by atoms with Gasteiger partial charge in [-0.2, -0.15) is 4.39 Å². The van der Waals surface area contributed by atoms with Gasteiger partial charge in [-0.3, -0.25) is 0 Å². The zero-order chi connectivity index (χ0) is 11.6. The van der Waals surface area contributed by atoms with Crippen molar-refractivity contribution in [2.24, 2.45) is 5.73 Å². The van der Waals surface area contributed by atoms with Gasteiger partial charge in [0.15, 0.2) is 11.5 Å². The summed E-state index contributed by atoms with van der Waals surface area (Å²) in [5, 5.41) is 9.22. The molecule has 1 rings (SSSR count). The van der Waals surface area contributed by atoms with Crippen molar-refractivity contribution in [1.29, 1.82) is 0 Å². The van der Waals surface area contributed by atoms with Gasteiger partial charge < -0.3 is 15.6 Å². The van der Waals surface area contributed by atoms with Crippen molar-refractivity contribution >= 4 is 11.6 Å². The molecule has 0 aliphatic carbocycles. The topological polar surface area (TPSA) is 55.5 Å². The molecule has 5 heteroatoms. The largest absolute Gasteiger partial charge is 0.504 e. The third-order valence-corrected chi connectivity index (χ3v) is 2.26. The highest BCUT2D eigenvalue weighted by Gasteiger charge is 2.18. The number of benzene rings is 1. The molecule has 0 aliphatic heterocycles. The highest BCUT2D eigenvalue weighted by molar-refractivity contribution is 6.32. The van der Waals surface area contributed by atoms with E-state index in [9.17, 15) is 9.50 Å². The number of hydrogen-bond acceptors (Lipinski definition) is 3. The van der Waals surface area contributed by atoms with E-state index >= 15 is 0 Å². The number of hydrogen-bond donors (Lipinski definition) is 2. The van der Waals surface area contributed by atoms with E-state index in [1.807, 2.05) is 0 Å². The molecule has 0 fully saturated rings. The van der Waals surface area contributed by atoms with Crippen molar-refractivity contribution in [3.63, 3.8) is 0 Å². The van der Waals surface area contributed by atoms with Crippen molar-refractivity contribution in [3.05, 3.63) is 22.5 Å². The summed E-state index contributed by atoms with van der Waals surface area (Å²) in [4.78, 5) is 0. The van der Waals surface area contributed by atoms with Crippen molar-refractivity contribution in [1.82, 2.24) is 0 Å². The van der Waals surface area contributed by atoms with Crippen molar-refractivity contribution in [2.75, 3.05) is 7.11 Å². The van der Waals surface area contributed by atoms with Crippen LogP contribution >= 0.6 is 11.6 Å². The Kier molecular flexibility index (Phi) is 3.77. The van der Waals surface area contributed by atoms with Crippen molar-refractivity contribution < 1.29 is 14.2 Å². The Morgan fingerprint density at radius 2 is 2.27 bits per heavy atom. The number of methoxy groups -OCH3 is 1. The van der Waals surface area contributed by atoms with E-state index in [1.54, 1.807) is 6.92 Å². The van der Waals surface area contributed by atoms with Crippen LogP contribution in [-0.2, 0) is 6.42 Å². The van der Waals surface area contributed by atoms with Crippen molar-refractivity contribution in [2.45, 2.75) is 19.4 Å². The van der Waals surface area contributed by atoms with Crippen LogP contribution in [0.15, 0.2) is 6.07 Å². The highest BCUT2D eigenvalue weighted by atomic mass is 35.5. The average Bonchev–Trinajstić information content (AvgIpc) is 2.14.